The quantitative estimate of drug-likeness (QED) is 0.677. The van der Waals surface area contributed by atoms with Gasteiger partial charge < -0.3 is 14.9 Å². The van der Waals surface area contributed by atoms with Gasteiger partial charge in [0, 0.05) is 18.3 Å². The van der Waals surface area contributed by atoms with E-state index in [0.717, 1.165) is 44.9 Å². The van der Waals surface area contributed by atoms with Gasteiger partial charge in [-0.1, -0.05) is 20.8 Å². The first-order chi connectivity index (χ1) is 14.1. The molecule has 0 spiro atoms. The molecule has 4 saturated carbocycles. The molecule has 5 nitrogen and oxygen atoms in total. The average molecular weight is 421 g/mol. The van der Waals surface area contributed by atoms with Crippen molar-refractivity contribution in [2.45, 2.75) is 90.8 Å². The topological polar surface area (TPSA) is 83.8 Å². The van der Waals surface area contributed by atoms with E-state index < -0.39 is 5.41 Å². The molecule has 4 fully saturated rings. The predicted octanol–water partition coefficient (Wildman–Crippen LogP) is 3.75. The largest absolute Gasteiger partial charge is 0.469 e. The first-order valence-electron chi connectivity index (χ1n) is 12.1. The summed E-state index contributed by atoms with van der Waals surface area (Å²) >= 11 is 0. The molecule has 0 amide bonds. The Morgan fingerprint density at radius 3 is 2.60 bits per heavy atom. The van der Waals surface area contributed by atoms with E-state index in [-0.39, 0.29) is 53.2 Å². The summed E-state index contributed by atoms with van der Waals surface area (Å²) in [4.78, 5) is 25.4. The number of ether oxygens (including phenoxy) is 1. The first kappa shape index (κ1) is 22.3. The molecule has 4 rings (SSSR count). The summed E-state index contributed by atoms with van der Waals surface area (Å²) < 4.78 is 4.81. The van der Waals surface area contributed by atoms with Crippen LogP contribution in [0.1, 0.15) is 78.6 Å². The highest BCUT2D eigenvalue weighted by molar-refractivity contribution is 5.87. The number of ketones is 1. The number of Topliss-reactive ketones (excluding diaryl/α,β-unsaturated/α-hetero) is 1. The van der Waals surface area contributed by atoms with E-state index in [9.17, 15) is 19.8 Å². The second-order valence-electron chi connectivity index (χ2n) is 11.4. The third-order valence-corrected chi connectivity index (χ3v) is 10.3. The Morgan fingerprint density at radius 1 is 1.17 bits per heavy atom. The van der Waals surface area contributed by atoms with Gasteiger partial charge in [0.15, 0.2) is 0 Å². The maximum absolute atomic E-state index is 13.7. The fourth-order valence-corrected chi connectivity index (χ4v) is 8.51. The van der Waals surface area contributed by atoms with E-state index in [1.54, 1.807) is 0 Å². The van der Waals surface area contributed by atoms with Crippen LogP contribution in [0.25, 0.3) is 0 Å². The van der Waals surface area contributed by atoms with Gasteiger partial charge in [-0.05, 0) is 85.9 Å². The van der Waals surface area contributed by atoms with Crippen molar-refractivity contribution in [2.75, 3.05) is 7.11 Å². The molecule has 5 heteroatoms. The van der Waals surface area contributed by atoms with E-state index in [4.69, 9.17) is 4.74 Å². The lowest BCUT2D eigenvalue weighted by atomic mass is 9.43. The second kappa shape index (κ2) is 7.88. The van der Waals surface area contributed by atoms with Gasteiger partial charge >= 0.3 is 5.97 Å². The zero-order chi connectivity index (χ0) is 21.8. The molecule has 0 heterocycles. The van der Waals surface area contributed by atoms with Gasteiger partial charge in [-0.25, -0.2) is 0 Å². The SMILES string of the molecule is COC(=O)CC[C@@H](C)[C@H]1CC[C@H]2[C@@H]3[C@@H](O)CC4C[C@@H](O)CC[C@]4(C)[C@H]3CC(=O)[C@]12C. The maximum Gasteiger partial charge on any atom is 0.305 e. The highest BCUT2D eigenvalue weighted by atomic mass is 16.5. The molecule has 2 N–H and O–H groups in total. The third-order valence-electron chi connectivity index (χ3n) is 10.3. The lowest BCUT2D eigenvalue weighted by Gasteiger charge is -2.61. The highest BCUT2D eigenvalue weighted by Crippen LogP contribution is 2.67. The number of hydrogen-bond donors (Lipinski definition) is 2. The molecule has 0 aliphatic heterocycles. The van der Waals surface area contributed by atoms with Crippen molar-refractivity contribution >= 4 is 11.8 Å². The molecule has 30 heavy (non-hydrogen) atoms. The van der Waals surface area contributed by atoms with Crippen LogP contribution in [0, 0.1) is 46.3 Å². The first-order valence-corrected chi connectivity index (χ1v) is 12.1. The van der Waals surface area contributed by atoms with Crippen molar-refractivity contribution in [3.05, 3.63) is 0 Å². The number of aliphatic hydroxyl groups is 2. The Labute approximate surface area is 180 Å². The van der Waals surface area contributed by atoms with Crippen molar-refractivity contribution in [2.24, 2.45) is 46.3 Å². The van der Waals surface area contributed by atoms with Crippen molar-refractivity contribution in [1.29, 1.82) is 0 Å². The van der Waals surface area contributed by atoms with E-state index in [1.165, 1.54) is 7.11 Å². The molecule has 0 bridgehead atoms. The number of esters is 1. The third kappa shape index (κ3) is 3.26. The second-order valence-corrected chi connectivity index (χ2v) is 11.4. The van der Waals surface area contributed by atoms with Crippen LogP contribution in [0.2, 0.25) is 0 Å². The number of aliphatic hydroxyl groups excluding tert-OH is 2. The zero-order valence-electron chi connectivity index (χ0n) is 19.1. The number of carbonyl (C=O) groups is 2. The summed E-state index contributed by atoms with van der Waals surface area (Å²) in [6.07, 6.45) is 6.39. The van der Waals surface area contributed by atoms with Crippen molar-refractivity contribution in [3.63, 3.8) is 0 Å². The predicted molar refractivity (Wildman–Crippen MR) is 113 cm³/mol. The van der Waals surface area contributed by atoms with Gasteiger partial charge in [0.25, 0.3) is 0 Å². The normalized spacial score (nSPS) is 49.0. The van der Waals surface area contributed by atoms with E-state index in [0.29, 0.717) is 24.5 Å². The van der Waals surface area contributed by atoms with Crippen LogP contribution in [-0.4, -0.2) is 41.3 Å². The number of hydrogen-bond acceptors (Lipinski definition) is 5. The Hall–Kier alpha value is -0.940. The molecule has 0 aromatic heterocycles. The van der Waals surface area contributed by atoms with E-state index in [1.807, 2.05) is 0 Å². The van der Waals surface area contributed by atoms with Gasteiger partial charge in [-0.3, -0.25) is 9.59 Å². The highest BCUT2D eigenvalue weighted by Gasteiger charge is 2.65. The van der Waals surface area contributed by atoms with Crippen molar-refractivity contribution in [1.82, 2.24) is 0 Å². The standard InChI is InChI=1S/C25H40O5/c1-14(5-8-22(29)30-4)17-6-7-18-23-19(13-21(28)25(17,18)3)24(2)10-9-16(26)11-15(24)12-20(23)27/h14-20,23,26-27H,5-13H2,1-4H3/t14-,15?,16+,17-,18+,19+,20+,23+,24+,25-/m1/s1. The van der Waals surface area contributed by atoms with Crippen molar-refractivity contribution in [3.8, 4) is 0 Å². The monoisotopic (exact) mass is 420 g/mol. The van der Waals surface area contributed by atoms with Crippen LogP contribution in [-0.2, 0) is 14.3 Å². The maximum atomic E-state index is 13.7. The number of carbonyl (C=O) groups excluding carboxylic acids is 2. The molecule has 0 aromatic carbocycles. The minimum Gasteiger partial charge on any atom is -0.469 e. The zero-order valence-corrected chi connectivity index (χ0v) is 19.1. The molecular weight excluding hydrogens is 380 g/mol. The number of methoxy groups -OCH3 is 1. The summed E-state index contributed by atoms with van der Waals surface area (Å²) in [5, 5.41) is 21.5. The molecule has 4 aliphatic rings. The van der Waals surface area contributed by atoms with E-state index >= 15 is 0 Å². The van der Waals surface area contributed by atoms with Gasteiger partial charge in [0.1, 0.15) is 5.78 Å². The molecule has 170 valence electrons. The van der Waals surface area contributed by atoms with Gasteiger partial charge in [-0.2, -0.15) is 0 Å². The summed E-state index contributed by atoms with van der Waals surface area (Å²) in [6, 6.07) is 0. The molecule has 0 radical (unpaired) electrons. The average Bonchev–Trinajstić information content (AvgIpc) is 3.06. The van der Waals surface area contributed by atoms with Crippen LogP contribution >= 0.6 is 0 Å². The molecule has 0 aromatic rings. The van der Waals surface area contributed by atoms with Crippen LogP contribution in [0.4, 0.5) is 0 Å². The molecule has 4 aliphatic carbocycles. The Kier molecular flexibility index (Phi) is 5.85. The summed E-state index contributed by atoms with van der Waals surface area (Å²) in [5.41, 5.74) is -0.343. The number of rotatable bonds is 4. The van der Waals surface area contributed by atoms with Crippen LogP contribution in [0.3, 0.4) is 0 Å². The lowest BCUT2D eigenvalue weighted by molar-refractivity contribution is -0.181. The molecule has 10 atom stereocenters. The Morgan fingerprint density at radius 2 is 1.90 bits per heavy atom. The minimum absolute atomic E-state index is 0.0503. The van der Waals surface area contributed by atoms with Crippen LogP contribution < -0.4 is 0 Å². The Balaban J connectivity index is 1.59. The van der Waals surface area contributed by atoms with Crippen LogP contribution in [0.5, 0.6) is 0 Å². The summed E-state index contributed by atoms with van der Waals surface area (Å²) in [5.74, 6) is 1.70. The summed E-state index contributed by atoms with van der Waals surface area (Å²) in [6.45, 7) is 6.67. The van der Waals surface area contributed by atoms with Crippen LogP contribution in [0.15, 0.2) is 0 Å². The Bertz CT molecular complexity index is 691. The molecular formula is C25H40O5. The smallest absolute Gasteiger partial charge is 0.305 e. The van der Waals surface area contributed by atoms with Gasteiger partial charge in [0.2, 0.25) is 0 Å². The molecule has 0 saturated heterocycles. The fourth-order valence-electron chi connectivity index (χ4n) is 8.51. The fraction of sp³-hybridized carbons (Fsp3) is 0.920. The van der Waals surface area contributed by atoms with Crippen molar-refractivity contribution < 1.29 is 24.5 Å². The molecule has 1 unspecified atom stereocenters. The lowest BCUT2D eigenvalue weighted by Crippen LogP contribution is -2.61. The van der Waals surface area contributed by atoms with Gasteiger partial charge in [0.05, 0.1) is 19.3 Å². The van der Waals surface area contributed by atoms with E-state index in [2.05, 4.69) is 20.8 Å². The summed E-state index contributed by atoms with van der Waals surface area (Å²) in [7, 11) is 1.42. The minimum atomic E-state index is -0.394. The number of fused-ring (bicyclic) bond motifs is 5. The van der Waals surface area contributed by atoms with Gasteiger partial charge in [-0.15, -0.1) is 0 Å².